The summed E-state index contributed by atoms with van der Waals surface area (Å²) in [5, 5.41) is 12.0. The Kier molecular flexibility index (Phi) is 5.42. The molecule has 4 heterocycles. The predicted octanol–water partition coefficient (Wildman–Crippen LogP) is 12.6. The van der Waals surface area contributed by atoms with Crippen LogP contribution in [-0.2, 0) is 0 Å². The third kappa shape index (κ3) is 3.60. The lowest BCUT2D eigenvalue weighted by atomic mass is 9.96. The first-order chi connectivity index (χ1) is 23.8. The first kappa shape index (κ1) is 26.3. The van der Waals surface area contributed by atoms with Gasteiger partial charge in [-0.25, -0.2) is 15.0 Å². The average Bonchev–Trinajstić information content (AvgIpc) is 3.73. The van der Waals surface area contributed by atoms with Crippen LogP contribution in [0.1, 0.15) is 0 Å². The van der Waals surface area contributed by atoms with Crippen molar-refractivity contribution in [1.82, 2.24) is 15.0 Å². The van der Waals surface area contributed by atoms with E-state index in [0.717, 1.165) is 44.1 Å². The van der Waals surface area contributed by atoms with Crippen molar-refractivity contribution in [2.45, 2.75) is 0 Å². The summed E-state index contributed by atoms with van der Waals surface area (Å²) >= 11 is 3.68. The fourth-order valence-electron chi connectivity index (χ4n) is 7.58. The van der Waals surface area contributed by atoms with Gasteiger partial charge in [-0.1, -0.05) is 121 Å². The van der Waals surface area contributed by atoms with Gasteiger partial charge in [0.2, 0.25) is 0 Å². The van der Waals surface area contributed by atoms with Crippen molar-refractivity contribution in [2.75, 3.05) is 0 Å². The third-order valence-corrected chi connectivity index (χ3v) is 12.1. The molecule has 0 saturated carbocycles. The standard InChI is InChI=1S/C43H23N3S2/c1-3-15-27-25(13-1)36-31-18-7-10-23-35(31)48-42(36)37-26-14-2-4-16-28(26)40(45-39(27)37)43-44-33-21-8-5-17-30(33)38(46-43)32-20-11-19-29-24-12-6-9-22-34(24)47-41(29)32/h1-23H. The van der Waals surface area contributed by atoms with Crippen LogP contribution in [0.25, 0.3) is 106 Å². The van der Waals surface area contributed by atoms with Gasteiger partial charge in [0.25, 0.3) is 0 Å². The highest BCUT2D eigenvalue weighted by atomic mass is 32.1. The van der Waals surface area contributed by atoms with E-state index >= 15 is 0 Å². The van der Waals surface area contributed by atoms with E-state index in [1.54, 1.807) is 0 Å². The van der Waals surface area contributed by atoms with Crippen LogP contribution in [0.15, 0.2) is 140 Å². The van der Waals surface area contributed by atoms with E-state index in [1.807, 2.05) is 22.7 Å². The Morgan fingerprint density at radius 2 is 0.938 bits per heavy atom. The Balaban J connectivity index is 1.28. The molecule has 0 N–H and O–H groups in total. The largest absolute Gasteiger partial charge is 0.243 e. The number of rotatable bonds is 2. The van der Waals surface area contributed by atoms with E-state index in [2.05, 4.69) is 140 Å². The second-order valence-electron chi connectivity index (χ2n) is 12.3. The zero-order chi connectivity index (χ0) is 31.3. The SMILES string of the molecule is c1ccc2c(-c3cccc4c3sc3ccccc34)nc(-c3nc4c5ccccc5c5c6ccccc6sc5c4c4ccccc34)nc2c1. The number of aromatic nitrogens is 3. The van der Waals surface area contributed by atoms with E-state index in [-0.39, 0.29) is 0 Å². The molecule has 3 nitrogen and oxygen atoms in total. The molecule has 11 rings (SSSR count). The second-order valence-corrected chi connectivity index (χ2v) is 14.4. The molecule has 0 unspecified atom stereocenters. The van der Waals surface area contributed by atoms with Crippen LogP contribution in [0.4, 0.5) is 0 Å². The first-order valence-electron chi connectivity index (χ1n) is 16.0. The van der Waals surface area contributed by atoms with Crippen molar-refractivity contribution in [3.05, 3.63) is 140 Å². The van der Waals surface area contributed by atoms with Crippen LogP contribution in [0.2, 0.25) is 0 Å². The van der Waals surface area contributed by atoms with Gasteiger partial charge < -0.3 is 0 Å². The number of hydrogen-bond acceptors (Lipinski definition) is 5. The fraction of sp³-hybridized carbons (Fsp3) is 0. The molecule has 5 heteroatoms. The summed E-state index contributed by atoms with van der Waals surface area (Å²) in [4.78, 5) is 16.2. The van der Waals surface area contributed by atoms with Crippen LogP contribution in [-0.4, -0.2) is 15.0 Å². The maximum Gasteiger partial charge on any atom is 0.179 e. The molecule has 0 saturated heterocycles. The quantitative estimate of drug-likeness (QED) is 0.176. The lowest BCUT2D eigenvalue weighted by Gasteiger charge is -2.14. The molecule has 0 aliphatic heterocycles. The molecule has 0 aliphatic carbocycles. The van der Waals surface area contributed by atoms with Gasteiger partial charge in [-0.15, -0.1) is 22.7 Å². The van der Waals surface area contributed by atoms with Crippen molar-refractivity contribution >= 4 is 106 Å². The van der Waals surface area contributed by atoms with Crippen LogP contribution in [0, 0.1) is 0 Å². The van der Waals surface area contributed by atoms with Crippen LogP contribution < -0.4 is 0 Å². The topological polar surface area (TPSA) is 38.7 Å². The molecule has 222 valence electrons. The number of fused-ring (bicyclic) bond motifs is 14. The van der Waals surface area contributed by atoms with E-state index in [1.165, 1.54) is 56.5 Å². The molecule has 0 fully saturated rings. The van der Waals surface area contributed by atoms with E-state index < -0.39 is 0 Å². The maximum atomic E-state index is 5.55. The van der Waals surface area contributed by atoms with Gasteiger partial charge in [-0.3, -0.25) is 0 Å². The van der Waals surface area contributed by atoms with Crippen molar-refractivity contribution in [2.24, 2.45) is 0 Å². The molecule has 4 aromatic heterocycles. The Hall–Kier alpha value is -5.75. The lowest BCUT2D eigenvalue weighted by molar-refractivity contribution is 1.21. The highest BCUT2D eigenvalue weighted by molar-refractivity contribution is 7.27. The molecular formula is C43H23N3S2. The molecular weight excluding hydrogens is 623 g/mol. The normalized spacial score (nSPS) is 12.2. The molecule has 0 radical (unpaired) electrons. The van der Waals surface area contributed by atoms with Crippen LogP contribution in [0.5, 0.6) is 0 Å². The highest BCUT2D eigenvalue weighted by Gasteiger charge is 2.22. The lowest BCUT2D eigenvalue weighted by Crippen LogP contribution is -1.99. The third-order valence-electron chi connectivity index (χ3n) is 9.66. The van der Waals surface area contributed by atoms with Crippen molar-refractivity contribution in [3.8, 4) is 22.8 Å². The van der Waals surface area contributed by atoms with Crippen molar-refractivity contribution < 1.29 is 0 Å². The van der Waals surface area contributed by atoms with Crippen molar-refractivity contribution in [1.29, 1.82) is 0 Å². The molecule has 7 aromatic carbocycles. The maximum absolute atomic E-state index is 5.55. The Morgan fingerprint density at radius 3 is 1.75 bits per heavy atom. The minimum absolute atomic E-state index is 0.639. The minimum atomic E-state index is 0.639. The molecule has 0 atom stereocenters. The zero-order valence-corrected chi connectivity index (χ0v) is 27.1. The van der Waals surface area contributed by atoms with E-state index in [0.29, 0.717) is 5.82 Å². The second kappa shape index (κ2) is 9.88. The summed E-state index contributed by atoms with van der Waals surface area (Å²) in [7, 11) is 0. The average molecular weight is 646 g/mol. The number of pyridine rings is 1. The molecule has 48 heavy (non-hydrogen) atoms. The summed E-state index contributed by atoms with van der Waals surface area (Å²) in [6.45, 7) is 0. The summed E-state index contributed by atoms with van der Waals surface area (Å²) in [6, 6.07) is 49.7. The van der Waals surface area contributed by atoms with Gasteiger partial charge in [0.15, 0.2) is 5.82 Å². The van der Waals surface area contributed by atoms with Crippen LogP contribution >= 0.6 is 22.7 Å². The zero-order valence-electron chi connectivity index (χ0n) is 25.4. The number of thiophene rings is 2. The van der Waals surface area contributed by atoms with Gasteiger partial charge in [0.05, 0.1) is 16.7 Å². The van der Waals surface area contributed by atoms with Gasteiger partial charge in [0.1, 0.15) is 5.69 Å². The number of benzene rings is 7. The first-order valence-corrected chi connectivity index (χ1v) is 17.7. The highest BCUT2D eigenvalue weighted by Crippen LogP contribution is 2.47. The van der Waals surface area contributed by atoms with Gasteiger partial charge in [-0.05, 0) is 29.0 Å². The summed E-state index contributed by atoms with van der Waals surface area (Å²) in [6.07, 6.45) is 0. The number of nitrogens with zero attached hydrogens (tertiary/aromatic N) is 3. The molecule has 0 amide bonds. The van der Waals surface area contributed by atoms with Gasteiger partial charge in [0, 0.05) is 67.5 Å². The monoisotopic (exact) mass is 645 g/mol. The van der Waals surface area contributed by atoms with Gasteiger partial charge >= 0.3 is 0 Å². The number of para-hydroxylation sites is 1. The number of hydrogen-bond donors (Lipinski definition) is 0. The van der Waals surface area contributed by atoms with Gasteiger partial charge in [-0.2, -0.15) is 0 Å². The minimum Gasteiger partial charge on any atom is -0.243 e. The molecule has 11 aromatic rings. The summed E-state index contributed by atoms with van der Waals surface area (Å²) in [5.41, 5.74) is 4.76. The smallest absolute Gasteiger partial charge is 0.179 e. The molecule has 0 aliphatic rings. The molecule has 0 bridgehead atoms. The summed E-state index contributed by atoms with van der Waals surface area (Å²) < 4.78 is 5.08. The Morgan fingerprint density at radius 1 is 0.354 bits per heavy atom. The summed E-state index contributed by atoms with van der Waals surface area (Å²) in [5.74, 6) is 0.639. The van der Waals surface area contributed by atoms with Crippen LogP contribution in [0.3, 0.4) is 0 Å². The fourth-order valence-corrected chi connectivity index (χ4v) is 10.1. The van der Waals surface area contributed by atoms with E-state index in [9.17, 15) is 0 Å². The van der Waals surface area contributed by atoms with E-state index in [4.69, 9.17) is 15.0 Å². The molecule has 0 spiro atoms. The Bertz CT molecular complexity index is 3140. The van der Waals surface area contributed by atoms with Crippen molar-refractivity contribution in [3.63, 3.8) is 0 Å². The Labute approximate surface area is 282 Å². The predicted molar refractivity (Wildman–Crippen MR) is 207 cm³/mol.